The second-order valence-electron chi connectivity index (χ2n) is 9.28. The second kappa shape index (κ2) is 13.0. The zero-order chi connectivity index (χ0) is 27.9. The first-order valence-corrected chi connectivity index (χ1v) is 14.1. The smallest absolute Gasteiger partial charge is 0.270 e. The SMILES string of the molecule is COc1ccc(CCNC(=O)c2csc(CN(Cc3ccc(Cl)cc3)Cc3ccc4c(c3)OCO4)n2)cc1OC. The summed E-state index contributed by atoms with van der Waals surface area (Å²) in [5, 5.41) is 6.34. The van der Waals surface area contributed by atoms with Gasteiger partial charge in [-0.2, -0.15) is 0 Å². The molecule has 1 aliphatic heterocycles. The van der Waals surface area contributed by atoms with Crippen LogP contribution in [0.3, 0.4) is 0 Å². The number of aromatic nitrogens is 1. The highest BCUT2D eigenvalue weighted by molar-refractivity contribution is 7.09. The number of hydrogen-bond acceptors (Lipinski definition) is 8. The quantitative estimate of drug-likeness (QED) is 0.230. The van der Waals surface area contributed by atoms with Gasteiger partial charge in [-0.05, 0) is 59.5 Å². The number of benzene rings is 3. The summed E-state index contributed by atoms with van der Waals surface area (Å²) in [4.78, 5) is 19.7. The van der Waals surface area contributed by atoms with Crippen LogP contribution < -0.4 is 24.3 Å². The molecule has 0 saturated heterocycles. The number of amides is 1. The summed E-state index contributed by atoms with van der Waals surface area (Å²) in [5.74, 6) is 2.66. The van der Waals surface area contributed by atoms with Crippen molar-refractivity contribution in [1.82, 2.24) is 15.2 Å². The average Bonchev–Trinajstić information content (AvgIpc) is 3.63. The van der Waals surface area contributed by atoms with Crippen LogP contribution in [0.2, 0.25) is 5.02 Å². The first kappa shape index (κ1) is 27.8. The largest absolute Gasteiger partial charge is 0.493 e. The van der Waals surface area contributed by atoms with Crippen LogP contribution in [0.4, 0.5) is 0 Å². The van der Waals surface area contributed by atoms with Gasteiger partial charge in [0.15, 0.2) is 23.0 Å². The van der Waals surface area contributed by atoms with Crippen molar-refractivity contribution in [3.8, 4) is 23.0 Å². The van der Waals surface area contributed by atoms with Gasteiger partial charge in [0.25, 0.3) is 5.91 Å². The van der Waals surface area contributed by atoms with Crippen LogP contribution in [0.25, 0.3) is 0 Å². The molecule has 4 aromatic rings. The summed E-state index contributed by atoms with van der Waals surface area (Å²) >= 11 is 7.57. The Morgan fingerprint density at radius 3 is 2.45 bits per heavy atom. The van der Waals surface area contributed by atoms with Gasteiger partial charge in [-0.15, -0.1) is 11.3 Å². The number of carbonyl (C=O) groups is 1. The lowest BCUT2D eigenvalue weighted by Crippen LogP contribution is -2.26. The number of hydrogen-bond donors (Lipinski definition) is 1. The van der Waals surface area contributed by atoms with Crippen LogP contribution in [-0.2, 0) is 26.1 Å². The third kappa shape index (κ3) is 7.04. The Kier molecular flexibility index (Phi) is 9.05. The van der Waals surface area contributed by atoms with E-state index in [1.54, 1.807) is 14.2 Å². The number of carbonyl (C=O) groups excluding carboxylic acids is 1. The van der Waals surface area contributed by atoms with E-state index >= 15 is 0 Å². The van der Waals surface area contributed by atoms with Gasteiger partial charge >= 0.3 is 0 Å². The molecule has 1 aliphatic rings. The Labute approximate surface area is 242 Å². The monoisotopic (exact) mass is 579 g/mol. The highest BCUT2D eigenvalue weighted by Crippen LogP contribution is 2.33. The molecule has 0 bridgehead atoms. The van der Waals surface area contributed by atoms with Crippen molar-refractivity contribution in [2.75, 3.05) is 27.6 Å². The number of methoxy groups -OCH3 is 2. The molecule has 40 heavy (non-hydrogen) atoms. The number of rotatable bonds is 12. The Bertz CT molecular complexity index is 1460. The summed E-state index contributed by atoms with van der Waals surface area (Å²) in [6.45, 7) is 2.67. The van der Waals surface area contributed by atoms with Crippen LogP contribution in [0.1, 0.15) is 32.2 Å². The van der Waals surface area contributed by atoms with Crippen molar-refractivity contribution in [3.63, 3.8) is 0 Å². The number of nitrogens with one attached hydrogen (secondary N) is 1. The fraction of sp³-hybridized carbons (Fsp3) is 0.267. The van der Waals surface area contributed by atoms with Gasteiger partial charge in [0.05, 0.1) is 20.8 Å². The third-order valence-corrected chi connectivity index (χ3v) is 7.54. The number of thiazole rings is 1. The molecule has 10 heteroatoms. The number of fused-ring (bicyclic) bond motifs is 1. The molecule has 0 spiro atoms. The third-order valence-electron chi connectivity index (χ3n) is 6.45. The van der Waals surface area contributed by atoms with Gasteiger partial charge in [0.1, 0.15) is 10.7 Å². The minimum atomic E-state index is -0.192. The Morgan fingerprint density at radius 2 is 1.65 bits per heavy atom. The van der Waals surface area contributed by atoms with Crippen LogP contribution in [0.5, 0.6) is 23.0 Å². The molecular formula is C30H30ClN3O5S. The Hall–Kier alpha value is -3.79. The van der Waals surface area contributed by atoms with E-state index in [1.165, 1.54) is 11.3 Å². The molecule has 2 heterocycles. The molecule has 1 N–H and O–H groups in total. The van der Waals surface area contributed by atoms with E-state index in [-0.39, 0.29) is 12.7 Å². The molecule has 1 amide bonds. The highest BCUT2D eigenvalue weighted by atomic mass is 35.5. The molecule has 0 aliphatic carbocycles. The lowest BCUT2D eigenvalue weighted by molar-refractivity contribution is 0.0949. The minimum absolute atomic E-state index is 0.192. The number of nitrogens with zero attached hydrogens (tertiary/aromatic N) is 2. The number of halogens is 1. The van der Waals surface area contributed by atoms with E-state index in [9.17, 15) is 4.79 Å². The molecule has 0 unspecified atom stereocenters. The van der Waals surface area contributed by atoms with Crippen LogP contribution >= 0.6 is 22.9 Å². The van der Waals surface area contributed by atoms with E-state index in [0.29, 0.717) is 54.8 Å². The first-order valence-electron chi connectivity index (χ1n) is 12.8. The normalized spacial score (nSPS) is 12.0. The molecule has 8 nitrogen and oxygen atoms in total. The number of ether oxygens (including phenoxy) is 4. The van der Waals surface area contributed by atoms with Gasteiger partial charge in [-0.25, -0.2) is 4.98 Å². The zero-order valence-corrected chi connectivity index (χ0v) is 23.9. The van der Waals surface area contributed by atoms with Crippen molar-refractivity contribution < 1.29 is 23.7 Å². The van der Waals surface area contributed by atoms with E-state index in [1.807, 2.05) is 66.0 Å². The van der Waals surface area contributed by atoms with Crippen LogP contribution in [0.15, 0.2) is 66.0 Å². The maximum absolute atomic E-state index is 12.8. The predicted octanol–water partition coefficient (Wildman–Crippen LogP) is 5.72. The Balaban J connectivity index is 1.22. The Morgan fingerprint density at radius 1 is 0.925 bits per heavy atom. The molecule has 0 atom stereocenters. The predicted molar refractivity (Wildman–Crippen MR) is 155 cm³/mol. The average molecular weight is 580 g/mol. The lowest BCUT2D eigenvalue weighted by atomic mass is 10.1. The topological polar surface area (TPSA) is 82.2 Å². The molecule has 1 aromatic heterocycles. The maximum Gasteiger partial charge on any atom is 0.270 e. The van der Waals surface area contributed by atoms with Crippen molar-refractivity contribution >= 4 is 28.8 Å². The molecule has 208 valence electrons. The van der Waals surface area contributed by atoms with Crippen molar-refractivity contribution in [1.29, 1.82) is 0 Å². The van der Waals surface area contributed by atoms with E-state index in [4.69, 9.17) is 30.5 Å². The van der Waals surface area contributed by atoms with Crippen LogP contribution in [0, 0.1) is 0 Å². The summed E-state index contributed by atoms with van der Waals surface area (Å²) in [5.41, 5.74) is 3.69. The molecule has 3 aromatic carbocycles. The molecule has 0 fully saturated rings. The summed E-state index contributed by atoms with van der Waals surface area (Å²) < 4.78 is 21.7. The fourth-order valence-corrected chi connectivity index (χ4v) is 5.38. The molecule has 0 radical (unpaired) electrons. The van der Waals surface area contributed by atoms with E-state index in [0.717, 1.165) is 33.2 Å². The standard InChI is InChI=1S/C30H30ClN3O5S/c1-36-25-9-5-20(13-27(25)37-2)11-12-32-30(35)24-18-40-29(33-24)17-34(15-21-3-7-23(31)8-4-21)16-22-6-10-26-28(14-22)39-19-38-26/h3-10,13-14,18H,11-12,15-17,19H2,1-2H3,(H,32,35). The van der Waals surface area contributed by atoms with Gasteiger partial charge in [0.2, 0.25) is 6.79 Å². The molecule has 5 rings (SSSR count). The molecular weight excluding hydrogens is 550 g/mol. The first-order chi connectivity index (χ1) is 19.5. The van der Waals surface area contributed by atoms with Gasteiger partial charge in [-0.3, -0.25) is 9.69 Å². The van der Waals surface area contributed by atoms with Crippen LogP contribution in [-0.4, -0.2) is 43.3 Å². The second-order valence-corrected chi connectivity index (χ2v) is 10.7. The molecule has 0 saturated carbocycles. The van der Waals surface area contributed by atoms with Crippen molar-refractivity contribution in [2.24, 2.45) is 0 Å². The summed E-state index contributed by atoms with van der Waals surface area (Å²) in [6, 6.07) is 19.6. The van der Waals surface area contributed by atoms with Crippen molar-refractivity contribution in [3.05, 3.63) is 98.5 Å². The van der Waals surface area contributed by atoms with E-state index < -0.39 is 0 Å². The van der Waals surface area contributed by atoms with Gasteiger partial charge < -0.3 is 24.3 Å². The van der Waals surface area contributed by atoms with Gasteiger partial charge in [-0.1, -0.05) is 35.9 Å². The lowest BCUT2D eigenvalue weighted by Gasteiger charge is -2.22. The highest BCUT2D eigenvalue weighted by Gasteiger charge is 2.17. The minimum Gasteiger partial charge on any atom is -0.493 e. The zero-order valence-electron chi connectivity index (χ0n) is 22.3. The van der Waals surface area contributed by atoms with E-state index in [2.05, 4.69) is 15.2 Å². The van der Waals surface area contributed by atoms with Gasteiger partial charge in [0, 0.05) is 30.0 Å². The summed E-state index contributed by atoms with van der Waals surface area (Å²) in [6.07, 6.45) is 0.660. The van der Waals surface area contributed by atoms with Crippen molar-refractivity contribution in [2.45, 2.75) is 26.1 Å². The summed E-state index contributed by atoms with van der Waals surface area (Å²) in [7, 11) is 3.21. The maximum atomic E-state index is 12.8. The fourth-order valence-electron chi connectivity index (χ4n) is 4.44.